The van der Waals surface area contributed by atoms with Crippen molar-refractivity contribution >= 4 is 0 Å². The third kappa shape index (κ3) is 4.66. The molecule has 0 atom stereocenters. The number of aromatic nitrogens is 1. The first-order valence-electron chi connectivity index (χ1n) is 7.66. The van der Waals surface area contributed by atoms with Crippen LogP contribution in [0.1, 0.15) is 11.1 Å². The average molecular weight is 361 g/mol. The van der Waals surface area contributed by atoms with Gasteiger partial charge in [0.2, 0.25) is 0 Å². The molecule has 0 unspecified atom stereocenters. The van der Waals surface area contributed by atoms with Crippen molar-refractivity contribution in [3.63, 3.8) is 0 Å². The van der Waals surface area contributed by atoms with E-state index in [4.69, 9.17) is 9.47 Å². The first-order valence-corrected chi connectivity index (χ1v) is 7.66. The van der Waals surface area contributed by atoms with Gasteiger partial charge in [-0.3, -0.25) is 4.79 Å². The van der Waals surface area contributed by atoms with E-state index in [0.717, 1.165) is 17.7 Å². The van der Waals surface area contributed by atoms with E-state index < -0.39 is 11.7 Å². The zero-order chi connectivity index (χ0) is 18.6. The standard InChI is InChI=1S/C19H14F3NO3/c20-19(21,22)14-2-1-3-17(10-14)26-15-6-4-13(5-7-15)12-25-16-8-9-23-18(24)11-16/h1-11H,12H2,(H,23,24). The number of nitrogens with one attached hydrogen (secondary N) is 1. The molecule has 2 aromatic carbocycles. The average Bonchev–Trinajstić information content (AvgIpc) is 2.61. The predicted molar refractivity (Wildman–Crippen MR) is 89.4 cm³/mol. The summed E-state index contributed by atoms with van der Waals surface area (Å²) in [6, 6.07) is 14.4. The van der Waals surface area contributed by atoms with Gasteiger partial charge in [0.1, 0.15) is 23.9 Å². The molecule has 1 heterocycles. The quantitative estimate of drug-likeness (QED) is 0.713. The summed E-state index contributed by atoms with van der Waals surface area (Å²) in [7, 11) is 0. The maximum atomic E-state index is 12.7. The van der Waals surface area contributed by atoms with Crippen molar-refractivity contribution in [2.45, 2.75) is 12.8 Å². The Morgan fingerprint density at radius 1 is 0.885 bits per heavy atom. The molecule has 134 valence electrons. The third-order valence-electron chi connectivity index (χ3n) is 3.47. The molecule has 26 heavy (non-hydrogen) atoms. The number of pyridine rings is 1. The van der Waals surface area contributed by atoms with Gasteiger partial charge in [-0.25, -0.2) is 0 Å². The van der Waals surface area contributed by atoms with E-state index in [9.17, 15) is 18.0 Å². The highest BCUT2D eigenvalue weighted by molar-refractivity contribution is 5.36. The summed E-state index contributed by atoms with van der Waals surface area (Å²) in [6.45, 7) is 0.243. The Morgan fingerprint density at radius 2 is 1.65 bits per heavy atom. The molecule has 7 heteroatoms. The fourth-order valence-electron chi connectivity index (χ4n) is 2.21. The molecule has 4 nitrogen and oxygen atoms in total. The lowest BCUT2D eigenvalue weighted by molar-refractivity contribution is -0.137. The van der Waals surface area contributed by atoms with Crippen LogP contribution in [0.15, 0.2) is 71.7 Å². The molecule has 0 saturated carbocycles. The summed E-state index contributed by atoms with van der Waals surface area (Å²) in [5.41, 5.74) is -0.202. The van der Waals surface area contributed by atoms with Gasteiger partial charge in [0.05, 0.1) is 5.56 Å². The number of aromatic amines is 1. The van der Waals surface area contributed by atoms with Crippen LogP contribution in [-0.4, -0.2) is 4.98 Å². The van der Waals surface area contributed by atoms with Crippen molar-refractivity contribution in [2.75, 3.05) is 0 Å². The highest BCUT2D eigenvalue weighted by Crippen LogP contribution is 2.32. The number of benzene rings is 2. The number of alkyl halides is 3. The minimum atomic E-state index is -4.42. The summed E-state index contributed by atoms with van der Waals surface area (Å²) in [5.74, 6) is 0.953. The Balaban J connectivity index is 1.64. The molecular weight excluding hydrogens is 347 g/mol. The largest absolute Gasteiger partial charge is 0.489 e. The Labute approximate surface area is 146 Å². The van der Waals surface area contributed by atoms with Gasteiger partial charge in [-0.15, -0.1) is 0 Å². The van der Waals surface area contributed by atoms with Crippen molar-refractivity contribution in [3.8, 4) is 17.2 Å². The van der Waals surface area contributed by atoms with Crippen LogP contribution in [0.3, 0.4) is 0 Å². The van der Waals surface area contributed by atoms with Crippen LogP contribution >= 0.6 is 0 Å². The molecule has 0 aliphatic carbocycles. The van der Waals surface area contributed by atoms with Crippen molar-refractivity contribution in [1.29, 1.82) is 0 Å². The van der Waals surface area contributed by atoms with Gasteiger partial charge in [0.25, 0.3) is 5.56 Å². The summed E-state index contributed by atoms with van der Waals surface area (Å²) >= 11 is 0. The van der Waals surface area contributed by atoms with Crippen molar-refractivity contribution < 1.29 is 22.6 Å². The summed E-state index contributed by atoms with van der Waals surface area (Å²) in [6.07, 6.45) is -2.93. The van der Waals surface area contributed by atoms with Crippen molar-refractivity contribution in [2.24, 2.45) is 0 Å². The third-order valence-corrected chi connectivity index (χ3v) is 3.47. The number of hydrogen-bond acceptors (Lipinski definition) is 3. The highest BCUT2D eigenvalue weighted by atomic mass is 19.4. The molecule has 3 rings (SSSR count). The normalized spacial score (nSPS) is 11.2. The van der Waals surface area contributed by atoms with E-state index in [1.807, 2.05) is 0 Å². The smallest absolute Gasteiger partial charge is 0.416 e. The van der Waals surface area contributed by atoms with Crippen molar-refractivity contribution in [3.05, 3.63) is 88.3 Å². The molecule has 1 aromatic heterocycles. The zero-order valence-electron chi connectivity index (χ0n) is 13.4. The van der Waals surface area contributed by atoms with E-state index in [2.05, 4.69) is 4.98 Å². The molecule has 0 fully saturated rings. The molecule has 3 aromatic rings. The molecule has 0 radical (unpaired) electrons. The van der Waals surface area contributed by atoms with Gasteiger partial charge in [0, 0.05) is 12.3 Å². The molecule has 0 saturated heterocycles. The first-order chi connectivity index (χ1) is 12.4. The number of ether oxygens (including phenoxy) is 2. The molecule has 0 bridgehead atoms. The summed E-state index contributed by atoms with van der Waals surface area (Å²) in [5, 5.41) is 0. The van der Waals surface area contributed by atoms with Crippen LogP contribution < -0.4 is 15.0 Å². The van der Waals surface area contributed by atoms with Gasteiger partial charge < -0.3 is 14.5 Å². The van der Waals surface area contributed by atoms with Gasteiger partial charge >= 0.3 is 6.18 Å². The van der Waals surface area contributed by atoms with Crippen LogP contribution in [0, 0.1) is 0 Å². The van der Waals surface area contributed by atoms with Crippen LogP contribution in [0.25, 0.3) is 0 Å². The molecule has 0 amide bonds. The Hall–Kier alpha value is -3.22. The predicted octanol–water partition coefficient (Wildman–Crippen LogP) is 4.77. The Morgan fingerprint density at radius 3 is 2.35 bits per heavy atom. The summed E-state index contributed by atoms with van der Waals surface area (Å²) < 4.78 is 49.1. The zero-order valence-corrected chi connectivity index (χ0v) is 13.4. The van der Waals surface area contributed by atoms with E-state index in [1.165, 1.54) is 24.4 Å². The van der Waals surface area contributed by atoms with Crippen molar-refractivity contribution in [1.82, 2.24) is 4.98 Å². The SMILES string of the molecule is O=c1cc(OCc2ccc(Oc3cccc(C(F)(F)F)c3)cc2)cc[nH]1. The number of halogens is 3. The van der Waals surface area contributed by atoms with Crippen LogP contribution in [-0.2, 0) is 12.8 Å². The first kappa shape index (κ1) is 17.6. The number of hydrogen-bond donors (Lipinski definition) is 1. The van der Waals surface area contributed by atoms with E-state index >= 15 is 0 Å². The minimum absolute atomic E-state index is 0.104. The van der Waals surface area contributed by atoms with Gasteiger partial charge in [-0.05, 0) is 42.0 Å². The molecule has 0 aliphatic heterocycles. The number of rotatable bonds is 5. The second-order valence-electron chi connectivity index (χ2n) is 5.45. The van der Waals surface area contributed by atoms with Crippen LogP contribution in [0.4, 0.5) is 13.2 Å². The van der Waals surface area contributed by atoms with E-state index in [-0.39, 0.29) is 17.9 Å². The topological polar surface area (TPSA) is 51.3 Å². The van der Waals surface area contributed by atoms with E-state index in [0.29, 0.717) is 11.5 Å². The van der Waals surface area contributed by atoms with Gasteiger partial charge in [-0.2, -0.15) is 13.2 Å². The molecule has 0 spiro atoms. The molecule has 0 aliphatic rings. The maximum Gasteiger partial charge on any atom is 0.416 e. The minimum Gasteiger partial charge on any atom is -0.489 e. The lowest BCUT2D eigenvalue weighted by Crippen LogP contribution is -2.04. The van der Waals surface area contributed by atoms with Gasteiger partial charge in [0.15, 0.2) is 0 Å². The highest BCUT2D eigenvalue weighted by Gasteiger charge is 2.30. The second-order valence-corrected chi connectivity index (χ2v) is 5.45. The Kier molecular flexibility index (Phi) is 4.97. The van der Waals surface area contributed by atoms with E-state index in [1.54, 1.807) is 30.3 Å². The molecule has 1 N–H and O–H groups in total. The number of H-pyrrole nitrogens is 1. The van der Waals surface area contributed by atoms with Crippen LogP contribution in [0.5, 0.6) is 17.2 Å². The second kappa shape index (κ2) is 7.35. The monoisotopic (exact) mass is 361 g/mol. The Bertz CT molecular complexity index is 934. The maximum absolute atomic E-state index is 12.7. The fraction of sp³-hybridized carbons (Fsp3) is 0.105. The lowest BCUT2D eigenvalue weighted by Gasteiger charge is -2.10. The lowest BCUT2D eigenvalue weighted by atomic mass is 10.2. The fourth-order valence-corrected chi connectivity index (χ4v) is 2.21. The molecular formula is C19H14F3NO3. The summed E-state index contributed by atoms with van der Waals surface area (Å²) in [4.78, 5) is 13.7. The van der Waals surface area contributed by atoms with Gasteiger partial charge in [-0.1, -0.05) is 18.2 Å². The van der Waals surface area contributed by atoms with Crippen LogP contribution in [0.2, 0.25) is 0 Å².